The smallest absolute Gasteiger partial charge is 0.202 e. The van der Waals surface area contributed by atoms with Crippen LogP contribution >= 0.6 is 11.6 Å². The van der Waals surface area contributed by atoms with E-state index in [1.54, 1.807) is 6.26 Å². The van der Waals surface area contributed by atoms with Gasteiger partial charge in [-0.3, -0.25) is 0 Å². The molecular formula is C13H13ClN2O. The van der Waals surface area contributed by atoms with E-state index in [1.807, 2.05) is 24.3 Å². The zero-order valence-corrected chi connectivity index (χ0v) is 10.1. The van der Waals surface area contributed by atoms with Crippen molar-refractivity contribution in [2.75, 3.05) is 6.54 Å². The molecule has 1 fully saturated rings. The molecule has 3 nitrogen and oxygen atoms in total. The Morgan fingerprint density at radius 1 is 1.35 bits per heavy atom. The molecule has 88 valence electrons. The van der Waals surface area contributed by atoms with E-state index in [-0.39, 0.29) is 5.41 Å². The van der Waals surface area contributed by atoms with Gasteiger partial charge < -0.3 is 10.2 Å². The molecule has 1 saturated carbocycles. The van der Waals surface area contributed by atoms with Crippen molar-refractivity contribution in [1.82, 2.24) is 4.98 Å². The number of benzene rings is 1. The number of nitrogens with two attached hydrogens (primary N) is 1. The van der Waals surface area contributed by atoms with Gasteiger partial charge in [0.2, 0.25) is 5.89 Å². The molecule has 17 heavy (non-hydrogen) atoms. The van der Waals surface area contributed by atoms with Crippen LogP contribution in [0.5, 0.6) is 0 Å². The van der Waals surface area contributed by atoms with Crippen LogP contribution in [-0.4, -0.2) is 11.5 Å². The van der Waals surface area contributed by atoms with Gasteiger partial charge in [-0.25, -0.2) is 4.98 Å². The highest BCUT2D eigenvalue weighted by Crippen LogP contribution is 2.47. The fourth-order valence-electron chi connectivity index (χ4n) is 1.97. The Kier molecular flexibility index (Phi) is 2.45. The number of hydrogen-bond acceptors (Lipinski definition) is 3. The number of oxazole rings is 1. The molecule has 0 aliphatic heterocycles. The number of hydrogen-bond donors (Lipinski definition) is 1. The monoisotopic (exact) mass is 248 g/mol. The fraction of sp³-hybridized carbons (Fsp3) is 0.308. The van der Waals surface area contributed by atoms with Crippen LogP contribution in [0.4, 0.5) is 0 Å². The summed E-state index contributed by atoms with van der Waals surface area (Å²) in [6.07, 6.45) is 3.78. The Balaban J connectivity index is 1.99. The summed E-state index contributed by atoms with van der Waals surface area (Å²) in [5.74, 6) is 0.745. The van der Waals surface area contributed by atoms with Crippen molar-refractivity contribution in [2.24, 2.45) is 5.73 Å². The Bertz CT molecular complexity index is 546. The van der Waals surface area contributed by atoms with Gasteiger partial charge in [-0.05, 0) is 18.9 Å². The molecule has 2 N–H and O–H groups in total. The molecule has 0 spiro atoms. The Morgan fingerprint density at radius 3 is 2.76 bits per heavy atom. The summed E-state index contributed by atoms with van der Waals surface area (Å²) in [6, 6.07) is 7.62. The first-order valence-electron chi connectivity index (χ1n) is 5.66. The van der Waals surface area contributed by atoms with E-state index in [4.69, 9.17) is 21.8 Å². The second kappa shape index (κ2) is 3.86. The first kappa shape index (κ1) is 10.8. The van der Waals surface area contributed by atoms with Crippen molar-refractivity contribution in [2.45, 2.75) is 18.3 Å². The Labute approximate surface area is 105 Å². The van der Waals surface area contributed by atoms with Gasteiger partial charge in [-0.1, -0.05) is 29.8 Å². The van der Waals surface area contributed by atoms with E-state index in [1.165, 1.54) is 0 Å². The third-order valence-electron chi connectivity index (χ3n) is 3.35. The first-order valence-corrected chi connectivity index (χ1v) is 6.04. The standard InChI is InChI=1S/C13H13ClN2O/c14-10-4-2-1-3-9(10)11-7-17-12(16-11)13(8-15)5-6-13/h1-4,7H,5-6,8,15H2. The zero-order chi connectivity index (χ0) is 11.9. The van der Waals surface area contributed by atoms with Gasteiger partial charge in [-0.15, -0.1) is 0 Å². The van der Waals surface area contributed by atoms with Gasteiger partial charge in [0.05, 0.1) is 10.4 Å². The van der Waals surface area contributed by atoms with E-state index >= 15 is 0 Å². The minimum absolute atomic E-state index is 0.0144. The van der Waals surface area contributed by atoms with Gasteiger partial charge in [0.25, 0.3) is 0 Å². The SMILES string of the molecule is NCC1(c2nc(-c3ccccc3Cl)co2)CC1. The van der Waals surface area contributed by atoms with Crippen LogP contribution in [0.3, 0.4) is 0 Å². The van der Waals surface area contributed by atoms with Crippen molar-refractivity contribution >= 4 is 11.6 Å². The van der Waals surface area contributed by atoms with Crippen LogP contribution in [0.1, 0.15) is 18.7 Å². The lowest BCUT2D eigenvalue weighted by atomic mass is 10.1. The molecule has 0 unspecified atom stereocenters. The molecule has 0 atom stereocenters. The third-order valence-corrected chi connectivity index (χ3v) is 3.68. The summed E-state index contributed by atoms with van der Waals surface area (Å²) >= 11 is 6.13. The van der Waals surface area contributed by atoms with E-state index in [9.17, 15) is 0 Å². The molecule has 1 aliphatic rings. The molecule has 2 aromatic rings. The van der Waals surface area contributed by atoms with Gasteiger partial charge in [0, 0.05) is 12.1 Å². The summed E-state index contributed by atoms with van der Waals surface area (Å²) in [6.45, 7) is 0.593. The third kappa shape index (κ3) is 1.75. The highest BCUT2D eigenvalue weighted by molar-refractivity contribution is 6.33. The van der Waals surface area contributed by atoms with Crippen molar-refractivity contribution in [3.63, 3.8) is 0 Å². The first-order chi connectivity index (χ1) is 8.25. The number of rotatable bonds is 3. The van der Waals surface area contributed by atoms with Crippen LogP contribution in [0.15, 0.2) is 34.9 Å². The second-order valence-corrected chi connectivity index (χ2v) is 4.91. The maximum absolute atomic E-state index is 6.13. The molecule has 1 heterocycles. The van der Waals surface area contributed by atoms with Crippen LogP contribution in [0.25, 0.3) is 11.3 Å². The van der Waals surface area contributed by atoms with Crippen LogP contribution in [0, 0.1) is 0 Å². The van der Waals surface area contributed by atoms with Crippen molar-refractivity contribution < 1.29 is 4.42 Å². The van der Waals surface area contributed by atoms with E-state index < -0.39 is 0 Å². The maximum Gasteiger partial charge on any atom is 0.202 e. The lowest BCUT2D eigenvalue weighted by molar-refractivity contribution is 0.437. The number of aromatic nitrogens is 1. The van der Waals surface area contributed by atoms with Crippen LogP contribution in [0.2, 0.25) is 5.02 Å². The van der Waals surface area contributed by atoms with E-state index in [0.29, 0.717) is 11.6 Å². The topological polar surface area (TPSA) is 52.0 Å². The molecule has 0 bridgehead atoms. The predicted molar refractivity (Wildman–Crippen MR) is 66.9 cm³/mol. The normalized spacial score (nSPS) is 17.1. The summed E-state index contributed by atoms with van der Waals surface area (Å²) < 4.78 is 5.54. The van der Waals surface area contributed by atoms with E-state index in [0.717, 1.165) is 30.0 Å². The Hall–Kier alpha value is -1.32. The van der Waals surface area contributed by atoms with Gasteiger partial charge >= 0.3 is 0 Å². The van der Waals surface area contributed by atoms with Crippen LogP contribution < -0.4 is 5.73 Å². The predicted octanol–water partition coefficient (Wildman–Crippen LogP) is 2.99. The lowest BCUT2D eigenvalue weighted by Gasteiger charge is -2.05. The van der Waals surface area contributed by atoms with Gasteiger partial charge in [0.15, 0.2) is 0 Å². The molecule has 0 radical (unpaired) electrons. The summed E-state index contributed by atoms with van der Waals surface area (Å²) in [5, 5.41) is 0.685. The molecule has 1 aromatic carbocycles. The lowest BCUT2D eigenvalue weighted by Crippen LogP contribution is -2.19. The molecule has 1 aliphatic carbocycles. The number of nitrogens with zero attached hydrogens (tertiary/aromatic N) is 1. The molecule has 3 rings (SSSR count). The minimum Gasteiger partial charge on any atom is -0.448 e. The molecule has 1 aromatic heterocycles. The summed E-state index contributed by atoms with van der Waals surface area (Å²) in [7, 11) is 0. The molecule has 0 saturated heterocycles. The average Bonchev–Trinajstić information content (AvgIpc) is 3.00. The highest BCUT2D eigenvalue weighted by Gasteiger charge is 2.47. The fourth-order valence-corrected chi connectivity index (χ4v) is 2.20. The molecule has 4 heteroatoms. The van der Waals surface area contributed by atoms with Gasteiger partial charge in [0.1, 0.15) is 12.0 Å². The zero-order valence-electron chi connectivity index (χ0n) is 9.32. The quantitative estimate of drug-likeness (QED) is 0.909. The average molecular weight is 249 g/mol. The second-order valence-electron chi connectivity index (χ2n) is 4.50. The summed E-state index contributed by atoms with van der Waals surface area (Å²) in [4.78, 5) is 4.52. The van der Waals surface area contributed by atoms with Crippen molar-refractivity contribution in [3.05, 3.63) is 41.4 Å². The molecular weight excluding hydrogens is 236 g/mol. The van der Waals surface area contributed by atoms with Crippen molar-refractivity contribution in [1.29, 1.82) is 0 Å². The van der Waals surface area contributed by atoms with Crippen molar-refractivity contribution in [3.8, 4) is 11.3 Å². The maximum atomic E-state index is 6.13. The minimum atomic E-state index is -0.0144. The van der Waals surface area contributed by atoms with E-state index in [2.05, 4.69) is 4.98 Å². The van der Waals surface area contributed by atoms with Gasteiger partial charge in [-0.2, -0.15) is 0 Å². The summed E-state index contributed by atoms with van der Waals surface area (Å²) in [5.41, 5.74) is 7.42. The Morgan fingerprint density at radius 2 is 2.12 bits per heavy atom. The van der Waals surface area contributed by atoms with Crippen LogP contribution in [-0.2, 0) is 5.41 Å². The highest BCUT2D eigenvalue weighted by atomic mass is 35.5. The largest absolute Gasteiger partial charge is 0.448 e. The number of halogens is 1. The molecule has 0 amide bonds.